The monoisotopic (exact) mass is 419 g/mol. The summed E-state index contributed by atoms with van der Waals surface area (Å²) in [6, 6.07) is 5.37. The van der Waals surface area contributed by atoms with Gasteiger partial charge in [-0.05, 0) is 37.5 Å². The van der Waals surface area contributed by atoms with Crippen molar-refractivity contribution in [3.05, 3.63) is 28.8 Å². The van der Waals surface area contributed by atoms with E-state index in [4.69, 9.17) is 11.6 Å². The third-order valence-electron chi connectivity index (χ3n) is 6.40. The topological polar surface area (TPSA) is 59.1 Å². The zero-order valence-electron chi connectivity index (χ0n) is 17.4. The number of amides is 3. The molecule has 1 aromatic rings. The van der Waals surface area contributed by atoms with Crippen molar-refractivity contribution in [1.29, 1.82) is 0 Å². The number of nitrogens with one attached hydrogen (secondary N) is 1. The van der Waals surface area contributed by atoms with E-state index >= 15 is 0 Å². The van der Waals surface area contributed by atoms with Gasteiger partial charge in [-0.15, -0.1) is 0 Å². The molecule has 0 aromatic heterocycles. The molecule has 1 aromatic carbocycles. The van der Waals surface area contributed by atoms with Gasteiger partial charge in [-0.1, -0.05) is 37.4 Å². The van der Waals surface area contributed by atoms with Gasteiger partial charge in [-0.25, -0.2) is 4.79 Å². The Kier molecular flexibility index (Phi) is 5.73. The number of benzene rings is 1. The van der Waals surface area contributed by atoms with Gasteiger partial charge >= 0.3 is 6.03 Å². The van der Waals surface area contributed by atoms with Crippen LogP contribution < -0.4 is 10.2 Å². The Bertz CT molecular complexity index is 803. The molecule has 29 heavy (non-hydrogen) atoms. The molecule has 3 atom stereocenters. The maximum Gasteiger partial charge on any atom is 0.327 e. The number of fused-ring (bicyclic) bond motifs is 3. The van der Waals surface area contributed by atoms with Crippen molar-refractivity contribution < 1.29 is 9.59 Å². The predicted octanol–water partition coefficient (Wildman–Crippen LogP) is 2.83. The van der Waals surface area contributed by atoms with Gasteiger partial charge in [0.25, 0.3) is 5.91 Å². The second kappa shape index (κ2) is 8.13. The lowest BCUT2D eigenvalue weighted by molar-refractivity contribution is -0.138. The highest BCUT2D eigenvalue weighted by Gasteiger charge is 2.56. The Hall–Kier alpha value is -1.83. The number of halogens is 1. The minimum Gasteiger partial charge on any atom is -0.343 e. The second-order valence-electron chi connectivity index (χ2n) is 8.19. The summed E-state index contributed by atoms with van der Waals surface area (Å²) < 4.78 is 0. The molecule has 8 heteroatoms. The highest BCUT2D eigenvalue weighted by molar-refractivity contribution is 6.31. The van der Waals surface area contributed by atoms with E-state index in [0.29, 0.717) is 6.54 Å². The van der Waals surface area contributed by atoms with E-state index in [1.807, 2.05) is 19.1 Å². The number of imide groups is 1. The Morgan fingerprint density at radius 3 is 2.76 bits per heavy atom. The average molecular weight is 420 g/mol. The zero-order valence-corrected chi connectivity index (χ0v) is 18.2. The van der Waals surface area contributed by atoms with Crippen molar-refractivity contribution in [1.82, 2.24) is 20.0 Å². The highest BCUT2D eigenvalue weighted by atomic mass is 35.5. The zero-order chi connectivity index (χ0) is 20.7. The van der Waals surface area contributed by atoms with E-state index in [2.05, 4.69) is 28.1 Å². The summed E-state index contributed by atoms with van der Waals surface area (Å²) in [5, 5.41) is 4.29. The molecule has 0 spiro atoms. The number of hydrogen-bond acceptors (Lipinski definition) is 5. The lowest BCUT2D eigenvalue weighted by atomic mass is 10.1. The molecule has 0 saturated carbocycles. The van der Waals surface area contributed by atoms with Crippen LogP contribution >= 0.6 is 11.6 Å². The quantitative estimate of drug-likeness (QED) is 0.744. The number of carbonyl (C=O) groups excluding carboxylic acids is 2. The molecule has 1 N–H and O–H groups in total. The number of anilines is 1. The first kappa shape index (κ1) is 20.4. The summed E-state index contributed by atoms with van der Waals surface area (Å²) in [6.45, 7) is 6.34. The molecule has 7 nitrogen and oxygen atoms in total. The first-order chi connectivity index (χ1) is 14.0. The smallest absolute Gasteiger partial charge is 0.327 e. The molecule has 158 valence electrons. The summed E-state index contributed by atoms with van der Waals surface area (Å²) in [5.74, 6) is -0.0751. The fraction of sp³-hybridized carbons (Fsp3) is 0.619. The van der Waals surface area contributed by atoms with Crippen molar-refractivity contribution >= 4 is 29.2 Å². The van der Waals surface area contributed by atoms with Gasteiger partial charge in [-0.2, -0.15) is 0 Å². The first-order valence-corrected chi connectivity index (χ1v) is 10.9. The molecule has 3 amide bonds. The molecule has 0 radical (unpaired) electrons. The molecule has 3 saturated heterocycles. The Labute approximate surface area is 177 Å². The van der Waals surface area contributed by atoms with E-state index in [-0.39, 0.29) is 30.4 Å². The molecule has 3 aliphatic heterocycles. The summed E-state index contributed by atoms with van der Waals surface area (Å²) >= 11 is 6.37. The minimum absolute atomic E-state index is 0.0751. The number of rotatable bonds is 5. The number of carbonyl (C=O) groups is 2. The Morgan fingerprint density at radius 1 is 1.21 bits per heavy atom. The van der Waals surface area contributed by atoms with E-state index in [1.54, 1.807) is 11.9 Å². The fourth-order valence-electron chi connectivity index (χ4n) is 4.80. The van der Waals surface area contributed by atoms with Crippen LogP contribution in [0.25, 0.3) is 0 Å². The van der Waals surface area contributed by atoms with Crippen molar-refractivity contribution in [2.45, 2.75) is 58.0 Å². The van der Waals surface area contributed by atoms with Gasteiger partial charge in [0.2, 0.25) is 0 Å². The summed E-state index contributed by atoms with van der Waals surface area (Å²) in [4.78, 5) is 33.8. The third-order valence-corrected chi connectivity index (χ3v) is 6.81. The number of likely N-dealkylation sites (N-methyl/N-ethyl adjacent to an activating group) is 1. The van der Waals surface area contributed by atoms with Crippen molar-refractivity contribution in [3.63, 3.8) is 0 Å². The molecule has 4 rings (SSSR count). The van der Waals surface area contributed by atoms with Gasteiger partial charge in [-0.3, -0.25) is 19.9 Å². The number of nitrogens with zero attached hydrogens (tertiary/aromatic N) is 4. The molecule has 3 aliphatic rings. The van der Waals surface area contributed by atoms with Gasteiger partial charge in [0.05, 0.1) is 0 Å². The van der Waals surface area contributed by atoms with E-state index in [9.17, 15) is 9.59 Å². The van der Waals surface area contributed by atoms with Crippen LogP contribution in [0.15, 0.2) is 18.2 Å². The van der Waals surface area contributed by atoms with E-state index in [0.717, 1.165) is 55.0 Å². The van der Waals surface area contributed by atoms with Crippen LogP contribution in [0, 0.1) is 6.92 Å². The van der Waals surface area contributed by atoms with E-state index < -0.39 is 0 Å². The maximum absolute atomic E-state index is 13.3. The maximum atomic E-state index is 13.3. The highest BCUT2D eigenvalue weighted by Crippen LogP contribution is 2.35. The average Bonchev–Trinajstić information content (AvgIpc) is 3.11. The standard InChI is InChI=1S/C21H30ClN5O2/c1-4-5-6-11-27-19(28)17-18(24(3)21(27)29)23-20-25(12-8-13-26(17)20)16-10-7-9-15(22)14(16)2/h7,9-10,17-18,20,23H,4-6,8,11-13H2,1-3H3. The van der Waals surface area contributed by atoms with E-state index in [1.165, 1.54) is 4.90 Å². The Morgan fingerprint density at radius 2 is 2.00 bits per heavy atom. The number of unbranched alkanes of at least 4 members (excludes halogenated alkanes) is 2. The summed E-state index contributed by atoms with van der Waals surface area (Å²) in [6.07, 6.45) is 3.43. The van der Waals surface area contributed by atoms with Crippen LogP contribution in [0.5, 0.6) is 0 Å². The largest absolute Gasteiger partial charge is 0.343 e. The third kappa shape index (κ3) is 3.39. The fourth-order valence-corrected chi connectivity index (χ4v) is 4.97. The lowest BCUT2D eigenvalue weighted by Gasteiger charge is -2.44. The van der Waals surface area contributed by atoms with Gasteiger partial charge in [0.15, 0.2) is 0 Å². The minimum atomic E-state index is -0.355. The SMILES string of the molecule is CCCCCN1C(=O)C2C(NC3N(c4cccc(Cl)c4C)CCCN23)N(C)C1=O. The van der Waals surface area contributed by atoms with Crippen LogP contribution in [0.4, 0.5) is 10.5 Å². The van der Waals surface area contributed by atoms with Crippen LogP contribution in [-0.2, 0) is 4.79 Å². The van der Waals surface area contributed by atoms with Crippen molar-refractivity contribution in [2.75, 3.05) is 31.6 Å². The van der Waals surface area contributed by atoms with Crippen molar-refractivity contribution in [3.8, 4) is 0 Å². The second-order valence-corrected chi connectivity index (χ2v) is 8.60. The lowest BCUT2D eigenvalue weighted by Crippen LogP contribution is -2.66. The molecule has 3 fully saturated rings. The van der Waals surface area contributed by atoms with Crippen LogP contribution in [-0.4, -0.2) is 71.8 Å². The van der Waals surface area contributed by atoms with Crippen LogP contribution in [0.2, 0.25) is 5.02 Å². The van der Waals surface area contributed by atoms with Gasteiger partial charge in [0.1, 0.15) is 18.5 Å². The molecule has 0 bridgehead atoms. The predicted molar refractivity (Wildman–Crippen MR) is 114 cm³/mol. The number of hydrogen-bond donors (Lipinski definition) is 1. The normalized spacial score (nSPS) is 27.4. The molecule has 0 aliphatic carbocycles. The van der Waals surface area contributed by atoms with Crippen LogP contribution in [0.3, 0.4) is 0 Å². The van der Waals surface area contributed by atoms with Gasteiger partial charge < -0.3 is 9.80 Å². The van der Waals surface area contributed by atoms with Crippen LogP contribution in [0.1, 0.15) is 38.2 Å². The molecule has 3 unspecified atom stereocenters. The molecular weight excluding hydrogens is 390 g/mol. The van der Waals surface area contributed by atoms with Gasteiger partial charge in [0, 0.05) is 37.4 Å². The first-order valence-electron chi connectivity index (χ1n) is 10.6. The molecule has 3 heterocycles. The number of urea groups is 1. The Balaban J connectivity index is 1.62. The molecular formula is C21H30ClN5O2. The van der Waals surface area contributed by atoms with Crippen molar-refractivity contribution in [2.24, 2.45) is 0 Å². The summed E-state index contributed by atoms with van der Waals surface area (Å²) in [5.41, 5.74) is 2.10. The summed E-state index contributed by atoms with van der Waals surface area (Å²) in [7, 11) is 1.79.